The number of hydrogen-bond donors (Lipinski definition) is 0. The van der Waals surface area contributed by atoms with Crippen LogP contribution in [-0.4, -0.2) is 30.6 Å². The summed E-state index contributed by atoms with van der Waals surface area (Å²) in [6.07, 6.45) is 0. The SMILES string of the molecule is CCOC(=O)C1[C@H]2CN(c3nc(Br)cs3)C[C@@H]12. The van der Waals surface area contributed by atoms with Gasteiger partial charge in [0.1, 0.15) is 4.60 Å². The molecule has 1 unspecified atom stereocenters. The van der Waals surface area contributed by atoms with Gasteiger partial charge in [-0.25, -0.2) is 4.98 Å². The molecule has 2 fully saturated rings. The summed E-state index contributed by atoms with van der Waals surface area (Å²) in [6, 6.07) is 0. The average Bonchev–Trinajstić information content (AvgIpc) is 2.67. The molecule has 0 bridgehead atoms. The molecule has 1 aromatic rings. The second kappa shape index (κ2) is 4.24. The molecule has 2 heterocycles. The molecule has 1 saturated carbocycles. The topological polar surface area (TPSA) is 42.4 Å². The van der Waals surface area contributed by atoms with E-state index in [0.717, 1.165) is 22.8 Å². The lowest BCUT2D eigenvalue weighted by Crippen LogP contribution is -2.26. The van der Waals surface area contributed by atoms with Crippen LogP contribution < -0.4 is 4.90 Å². The average molecular weight is 317 g/mol. The molecule has 1 aliphatic heterocycles. The number of carbonyl (C=O) groups is 1. The number of aromatic nitrogens is 1. The van der Waals surface area contributed by atoms with Gasteiger partial charge in [-0.15, -0.1) is 11.3 Å². The molecule has 1 aliphatic carbocycles. The van der Waals surface area contributed by atoms with Crippen LogP contribution in [0.5, 0.6) is 0 Å². The van der Waals surface area contributed by atoms with Gasteiger partial charge in [0.25, 0.3) is 0 Å². The number of rotatable bonds is 3. The number of anilines is 1. The maximum atomic E-state index is 11.6. The highest BCUT2D eigenvalue weighted by atomic mass is 79.9. The molecule has 6 heteroatoms. The number of carbonyl (C=O) groups excluding carboxylic acids is 1. The minimum absolute atomic E-state index is 0.0116. The Morgan fingerprint density at radius 3 is 2.88 bits per heavy atom. The number of piperidine rings is 1. The van der Waals surface area contributed by atoms with Crippen molar-refractivity contribution >= 4 is 38.4 Å². The number of hydrogen-bond acceptors (Lipinski definition) is 5. The minimum atomic E-state index is -0.0116. The van der Waals surface area contributed by atoms with Gasteiger partial charge < -0.3 is 9.64 Å². The Bertz CT molecular complexity index is 438. The smallest absolute Gasteiger partial charge is 0.309 e. The van der Waals surface area contributed by atoms with Gasteiger partial charge in [0.15, 0.2) is 5.13 Å². The molecular formula is C11H13BrN2O2S. The van der Waals surface area contributed by atoms with Gasteiger partial charge >= 0.3 is 5.97 Å². The maximum absolute atomic E-state index is 11.6. The lowest BCUT2D eigenvalue weighted by Gasteiger charge is -2.17. The van der Waals surface area contributed by atoms with E-state index in [1.54, 1.807) is 11.3 Å². The van der Waals surface area contributed by atoms with Crippen LogP contribution in [0.1, 0.15) is 6.92 Å². The molecule has 0 spiro atoms. The fraction of sp³-hybridized carbons (Fsp3) is 0.636. The molecule has 1 saturated heterocycles. The van der Waals surface area contributed by atoms with E-state index < -0.39 is 0 Å². The van der Waals surface area contributed by atoms with Gasteiger partial charge in [-0.05, 0) is 34.7 Å². The van der Waals surface area contributed by atoms with E-state index in [4.69, 9.17) is 4.74 Å². The first-order chi connectivity index (χ1) is 8.20. The van der Waals surface area contributed by atoms with E-state index in [0.29, 0.717) is 18.4 Å². The lowest BCUT2D eigenvalue weighted by atomic mass is 10.3. The number of fused-ring (bicyclic) bond motifs is 1. The summed E-state index contributed by atoms with van der Waals surface area (Å²) in [4.78, 5) is 18.3. The van der Waals surface area contributed by atoms with Crippen molar-refractivity contribution in [3.63, 3.8) is 0 Å². The third-order valence-electron chi connectivity index (χ3n) is 3.49. The van der Waals surface area contributed by atoms with Crippen LogP contribution in [0, 0.1) is 17.8 Å². The van der Waals surface area contributed by atoms with Crippen LogP contribution in [0.25, 0.3) is 0 Å². The number of nitrogens with zero attached hydrogens (tertiary/aromatic N) is 2. The molecule has 4 nitrogen and oxygen atoms in total. The Morgan fingerprint density at radius 2 is 2.35 bits per heavy atom. The number of esters is 1. The Hall–Kier alpha value is -0.620. The highest BCUT2D eigenvalue weighted by Crippen LogP contribution is 2.53. The van der Waals surface area contributed by atoms with Crippen LogP contribution in [0.15, 0.2) is 9.98 Å². The molecule has 3 atom stereocenters. The molecule has 0 amide bonds. The zero-order valence-electron chi connectivity index (χ0n) is 9.43. The lowest BCUT2D eigenvalue weighted by molar-refractivity contribution is -0.145. The fourth-order valence-corrected chi connectivity index (χ4v) is 3.93. The van der Waals surface area contributed by atoms with Crippen LogP contribution in [-0.2, 0) is 9.53 Å². The maximum Gasteiger partial charge on any atom is 0.309 e. The predicted molar refractivity (Wildman–Crippen MR) is 69.1 cm³/mol. The summed E-state index contributed by atoms with van der Waals surface area (Å²) in [5, 5.41) is 3.04. The molecule has 92 valence electrons. The van der Waals surface area contributed by atoms with Crippen LogP contribution >= 0.6 is 27.3 Å². The van der Waals surface area contributed by atoms with Crippen molar-refractivity contribution in [2.24, 2.45) is 17.8 Å². The van der Waals surface area contributed by atoms with Crippen molar-refractivity contribution in [2.45, 2.75) is 6.92 Å². The first-order valence-corrected chi connectivity index (χ1v) is 7.40. The molecular weight excluding hydrogens is 304 g/mol. The zero-order chi connectivity index (χ0) is 12.0. The number of ether oxygens (including phenoxy) is 1. The quantitative estimate of drug-likeness (QED) is 0.801. The first kappa shape index (κ1) is 11.5. The Kier molecular flexibility index (Phi) is 2.86. The molecule has 1 aromatic heterocycles. The minimum Gasteiger partial charge on any atom is -0.466 e. The van der Waals surface area contributed by atoms with Gasteiger partial charge in [0.2, 0.25) is 0 Å². The van der Waals surface area contributed by atoms with E-state index in [1.165, 1.54) is 0 Å². The van der Waals surface area contributed by atoms with E-state index in [-0.39, 0.29) is 11.9 Å². The molecule has 3 rings (SSSR count). The number of halogens is 1. The van der Waals surface area contributed by atoms with Crippen molar-refractivity contribution in [3.8, 4) is 0 Å². The van der Waals surface area contributed by atoms with Crippen LogP contribution in [0.4, 0.5) is 5.13 Å². The summed E-state index contributed by atoms with van der Waals surface area (Å²) < 4.78 is 5.96. The van der Waals surface area contributed by atoms with Crippen LogP contribution in [0.2, 0.25) is 0 Å². The van der Waals surface area contributed by atoms with E-state index in [2.05, 4.69) is 25.8 Å². The van der Waals surface area contributed by atoms with Gasteiger partial charge in [0, 0.05) is 18.5 Å². The molecule has 2 aliphatic rings. The normalized spacial score (nSPS) is 30.2. The summed E-state index contributed by atoms with van der Waals surface area (Å²) >= 11 is 5.00. The first-order valence-electron chi connectivity index (χ1n) is 5.73. The van der Waals surface area contributed by atoms with E-state index >= 15 is 0 Å². The van der Waals surface area contributed by atoms with Crippen molar-refractivity contribution < 1.29 is 9.53 Å². The highest BCUT2D eigenvalue weighted by Gasteiger charge is 2.60. The number of thiazole rings is 1. The van der Waals surface area contributed by atoms with Gasteiger partial charge in [-0.1, -0.05) is 0 Å². The summed E-state index contributed by atoms with van der Waals surface area (Å²) in [6.45, 7) is 4.22. The van der Waals surface area contributed by atoms with Crippen LogP contribution in [0.3, 0.4) is 0 Å². The Morgan fingerprint density at radius 1 is 1.65 bits per heavy atom. The Labute approximate surface area is 112 Å². The largest absolute Gasteiger partial charge is 0.466 e. The van der Waals surface area contributed by atoms with Crippen molar-refractivity contribution in [2.75, 3.05) is 24.6 Å². The second-order valence-corrected chi connectivity index (χ2v) is 6.11. The van der Waals surface area contributed by atoms with E-state index in [9.17, 15) is 4.79 Å². The van der Waals surface area contributed by atoms with Crippen molar-refractivity contribution in [1.82, 2.24) is 4.98 Å². The molecule has 0 N–H and O–H groups in total. The summed E-state index contributed by atoms with van der Waals surface area (Å²) in [5.74, 6) is 1.10. The fourth-order valence-electron chi connectivity index (χ4n) is 2.66. The standard InChI is InChI=1S/C11H13BrN2O2S/c1-2-16-10(15)9-6-3-14(4-7(6)9)11-13-8(12)5-17-11/h5-7,9H,2-4H2,1H3/t6-,7+,9?. The van der Waals surface area contributed by atoms with Gasteiger partial charge in [0.05, 0.1) is 12.5 Å². The predicted octanol–water partition coefficient (Wildman–Crippen LogP) is 2.15. The molecule has 0 aromatic carbocycles. The molecule has 17 heavy (non-hydrogen) atoms. The zero-order valence-corrected chi connectivity index (χ0v) is 11.8. The Balaban J connectivity index is 1.60. The highest BCUT2D eigenvalue weighted by molar-refractivity contribution is 9.10. The van der Waals surface area contributed by atoms with Crippen molar-refractivity contribution in [1.29, 1.82) is 0 Å². The summed E-state index contributed by atoms with van der Waals surface area (Å²) in [7, 11) is 0. The van der Waals surface area contributed by atoms with Gasteiger partial charge in [-0.3, -0.25) is 4.79 Å². The van der Waals surface area contributed by atoms with Crippen molar-refractivity contribution in [3.05, 3.63) is 9.98 Å². The third-order valence-corrected chi connectivity index (χ3v) is 5.10. The van der Waals surface area contributed by atoms with E-state index in [1.807, 2.05) is 12.3 Å². The summed E-state index contributed by atoms with van der Waals surface area (Å²) in [5.41, 5.74) is 0. The monoisotopic (exact) mass is 316 g/mol. The third kappa shape index (κ3) is 1.97. The molecule has 0 radical (unpaired) electrons. The second-order valence-electron chi connectivity index (χ2n) is 4.46. The van der Waals surface area contributed by atoms with Gasteiger partial charge in [-0.2, -0.15) is 0 Å².